The summed E-state index contributed by atoms with van der Waals surface area (Å²) in [4.78, 5) is 10.5. The molecular weight excluding hydrogens is 201 g/mol. The second kappa shape index (κ2) is 3.76. The number of hydrogen-bond donors (Lipinski definition) is 2. The zero-order valence-electron chi connectivity index (χ0n) is 7.87. The predicted molar refractivity (Wildman–Crippen MR) is 51.6 cm³/mol. The highest BCUT2D eigenvalue weighted by atomic mass is 19.1. The molecule has 0 amide bonds. The van der Waals surface area contributed by atoms with Crippen molar-refractivity contribution in [2.75, 3.05) is 11.9 Å². The molecule has 2 rings (SSSR count). The van der Waals surface area contributed by atoms with E-state index >= 15 is 0 Å². The van der Waals surface area contributed by atoms with Gasteiger partial charge in [0.1, 0.15) is 23.9 Å². The molecule has 0 saturated heterocycles. The van der Waals surface area contributed by atoms with Crippen molar-refractivity contribution in [3.05, 3.63) is 24.0 Å². The maximum atomic E-state index is 13.3. The van der Waals surface area contributed by atoms with Crippen molar-refractivity contribution in [1.29, 1.82) is 0 Å². The molecular formula is C10H10FNO3. The highest BCUT2D eigenvalue weighted by Gasteiger charge is 2.23. The molecule has 1 unspecified atom stereocenters. The smallest absolute Gasteiger partial charge is 0.305 e. The Balaban J connectivity index is 2.18. The van der Waals surface area contributed by atoms with Gasteiger partial charge in [-0.15, -0.1) is 0 Å². The van der Waals surface area contributed by atoms with E-state index < -0.39 is 11.8 Å². The van der Waals surface area contributed by atoms with Crippen LogP contribution in [0.3, 0.4) is 0 Å². The summed E-state index contributed by atoms with van der Waals surface area (Å²) in [5, 5.41) is 11.4. The monoisotopic (exact) mass is 211 g/mol. The van der Waals surface area contributed by atoms with Crippen LogP contribution in [-0.2, 0) is 4.79 Å². The third kappa shape index (κ3) is 2.01. The summed E-state index contributed by atoms with van der Waals surface area (Å²) < 4.78 is 18.5. The third-order valence-corrected chi connectivity index (χ3v) is 2.18. The van der Waals surface area contributed by atoms with Crippen LogP contribution < -0.4 is 10.1 Å². The van der Waals surface area contributed by atoms with E-state index in [0.29, 0.717) is 5.75 Å². The van der Waals surface area contributed by atoms with Crippen LogP contribution in [0, 0.1) is 5.82 Å². The van der Waals surface area contributed by atoms with Gasteiger partial charge in [0.2, 0.25) is 0 Å². The molecule has 1 atom stereocenters. The number of fused-ring (bicyclic) bond motifs is 1. The molecule has 0 radical (unpaired) electrons. The molecule has 0 aromatic heterocycles. The SMILES string of the molecule is O=C(O)CC1COc2cccc(F)c2N1. The quantitative estimate of drug-likeness (QED) is 0.777. The van der Waals surface area contributed by atoms with Crippen molar-refractivity contribution in [2.24, 2.45) is 0 Å². The molecule has 0 bridgehead atoms. The molecule has 1 aliphatic rings. The van der Waals surface area contributed by atoms with Crippen molar-refractivity contribution < 1.29 is 19.0 Å². The molecule has 80 valence electrons. The average molecular weight is 211 g/mol. The van der Waals surface area contributed by atoms with Crippen molar-refractivity contribution in [1.82, 2.24) is 0 Å². The topological polar surface area (TPSA) is 58.6 Å². The normalized spacial score (nSPS) is 18.6. The van der Waals surface area contributed by atoms with E-state index in [2.05, 4.69) is 5.32 Å². The molecule has 2 N–H and O–H groups in total. The number of carboxylic acids is 1. The summed E-state index contributed by atoms with van der Waals surface area (Å²) in [6, 6.07) is 4.11. The number of nitrogens with one attached hydrogen (secondary N) is 1. The second-order valence-electron chi connectivity index (χ2n) is 3.36. The highest BCUT2D eigenvalue weighted by molar-refractivity contribution is 5.69. The Morgan fingerprint density at radius 1 is 1.67 bits per heavy atom. The van der Waals surface area contributed by atoms with Crippen LogP contribution in [0.4, 0.5) is 10.1 Å². The molecule has 15 heavy (non-hydrogen) atoms. The van der Waals surface area contributed by atoms with Gasteiger partial charge in [-0.1, -0.05) is 6.07 Å². The maximum absolute atomic E-state index is 13.3. The van der Waals surface area contributed by atoms with Gasteiger partial charge in [0.15, 0.2) is 0 Å². The van der Waals surface area contributed by atoms with E-state index in [1.54, 1.807) is 12.1 Å². The van der Waals surface area contributed by atoms with Crippen LogP contribution in [0.15, 0.2) is 18.2 Å². The Morgan fingerprint density at radius 3 is 3.20 bits per heavy atom. The van der Waals surface area contributed by atoms with E-state index in [1.807, 2.05) is 0 Å². The maximum Gasteiger partial charge on any atom is 0.305 e. The van der Waals surface area contributed by atoms with Gasteiger partial charge in [-0.05, 0) is 12.1 Å². The van der Waals surface area contributed by atoms with Crippen LogP contribution >= 0.6 is 0 Å². The van der Waals surface area contributed by atoms with Gasteiger partial charge < -0.3 is 15.2 Å². The van der Waals surface area contributed by atoms with Gasteiger partial charge in [0, 0.05) is 0 Å². The molecule has 1 heterocycles. The minimum absolute atomic E-state index is 0.0895. The molecule has 0 saturated carbocycles. The number of rotatable bonds is 2. The van der Waals surface area contributed by atoms with E-state index in [0.717, 1.165) is 0 Å². The zero-order chi connectivity index (χ0) is 10.8. The third-order valence-electron chi connectivity index (χ3n) is 2.18. The number of carboxylic acid groups (broad SMARTS) is 1. The van der Waals surface area contributed by atoms with Gasteiger partial charge in [-0.3, -0.25) is 4.79 Å². The van der Waals surface area contributed by atoms with Crippen molar-refractivity contribution >= 4 is 11.7 Å². The number of ether oxygens (including phenoxy) is 1. The number of halogens is 1. The fourth-order valence-corrected chi connectivity index (χ4v) is 1.52. The Kier molecular flexibility index (Phi) is 2.45. The second-order valence-corrected chi connectivity index (χ2v) is 3.36. The predicted octanol–water partition coefficient (Wildman–Crippen LogP) is 1.47. The molecule has 1 aromatic carbocycles. The lowest BCUT2D eigenvalue weighted by molar-refractivity contribution is -0.137. The highest BCUT2D eigenvalue weighted by Crippen LogP contribution is 2.31. The summed E-state index contributed by atoms with van der Waals surface area (Å²) in [6.45, 7) is 0.239. The van der Waals surface area contributed by atoms with Gasteiger partial charge in [-0.25, -0.2) is 4.39 Å². The van der Waals surface area contributed by atoms with Crippen molar-refractivity contribution in [3.63, 3.8) is 0 Å². The van der Waals surface area contributed by atoms with Crippen LogP contribution in [0.25, 0.3) is 0 Å². The molecule has 0 spiro atoms. The van der Waals surface area contributed by atoms with Crippen LogP contribution in [0.5, 0.6) is 5.75 Å². The molecule has 1 aromatic rings. The van der Waals surface area contributed by atoms with Crippen LogP contribution in [-0.4, -0.2) is 23.7 Å². The van der Waals surface area contributed by atoms with Crippen molar-refractivity contribution in [3.8, 4) is 5.75 Å². The Hall–Kier alpha value is -1.78. The summed E-state index contributed by atoms with van der Waals surface area (Å²) in [5.74, 6) is -0.935. The lowest BCUT2D eigenvalue weighted by atomic mass is 10.1. The first-order valence-corrected chi connectivity index (χ1v) is 4.56. The minimum Gasteiger partial charge on any atom is -0.489 e. The number of hydrogen-bond acceptors (Lipinski definition) is 3. The summed E-state index contributed by atoms with van der Waals surface area (Å²) in [7, 11) is 0. The van der Waals surface area contributed by atoms with E-state index in [9.17, 15) is 9.18 Å². The number of anilines is 1. The van der Waals surface area contributed by atoms with Crippen LogP contribution in [0.2, 0.25) is 0 Å². The standard InChI is InChI=1S/C10H10FNO3/c11-7-2-1-3-8-10(7)12-6(5-15-8)4-9(13)14/h1-3,6,12H,4-5H2,(H,13,14). The molecule has 4 nitrogen and oxygen atoms in total. The summed E-state index contributed by atoms with van der Waals surface area (Å²) in [6.07, 6.45) is -0.0895. The molecule has 0 aliphatic carbocycles. The average Bonchev–Trinajstić information content (AvgIpc) is 2.18. The first-order chi connectivity index (χ1) is 7.16. The molecule has 1 aliphatic heterocycles. The molecule has 5 heteroatoms. The lowest BCUT2D eigenvalue weighted by Crippen LogP contribution is -2.33. The first-order valence-electron chi connectivity index (χ1n) is 4.56. The first kappa shape index (κ1) is 9.76. The lowest BCUT2D eigenvalue weighted by Gasteiger charge is -2.26. The number of aliphatic carboxylic acids is 1. The van der Waals surface area contributed by atoms with Crippen molar-refractivity contribution in [2.45, 2.75) is 12.5 Å². The van der Waals surface area contributed by atoms with Gasteiger partial charge in [0.25, 0.3) is 0 Å². The number of benzene rings is 1. The molecule has 0 fully saturated rings. The van der Waals surface area contributed by atoms with Crippen LogP contribution in [0.1, 0.15) is 6.42 Å². The minimum atomic E-state index is -0.934. The zero-order valence-corrected chi connectivity index (χ0v) is 7.87. The van der Waals surface area contributed by atoms with E-state index in [-0.39, 0.29) is 24.8 Å². The summed E-state index contributed by atoms with van der Waals surface area (Å²) in [5.41, 5.74) is 0.245. The number of carbonyl (C=O) groups is 1. The van der Waals surface area contributed by atoms with E-state index in [4.69, 9.17) is 9.84 Å². The number of para-hydroxylation sites is 1. The fraction of sp³-hybridized carbons (Fsp3) is 0.300. The Labute approximate surface area is 85.7 Å². The Bertz CT molecular complexity index is 394. The largest absolute Gasteiger partial charge is 0.489 e. The summed E-state index contributed by atoms with van der Waals surface area (Å²) >= 11 is 0. The Morgan fingerprint density at radius 2 is 2.47 bits per heavy atom. The fourth-order valence-electron chi connectivity index (χ4n) is 1.52. The van der Waals surface area contributed by atoms with E-state index in [1.165, 1.54) is 6.07 Å². The van der Waals surface area contributed by atoms with Gasteiger partial charge in [-0.2, -0.15) is 0 Å². The van der Waals surface area contributed by atoms with Gasteiger partial charge in [0.05, 0.1) is 12.5 Å². The van der Waals surface area contributed by atoms with Gasteiger partial charge >= 0.3 is 5.97 Å².